The third-order valence-electron chi connectivity index (χ3n) is 4.16. The van der Waals surface area contributed by atoms with Gasteiger partial charge in [-0.3, -0.25) is 4.79 Å². The Morgan fingerprint density at radius 2 is 2.09 bits per heavy atom. The molecule has 0 spiro atoms. The van der Waals surface area contributed by atoms with E-state index in [1.54, 1.807) is 26.0 Å². The summed E-state index contributed by atoms with van der Waals surface area (Å²) in [6, 6.07) is 5.83. The van der Waals surface area contributed by atoms with E-state index in [4.69, 9.17) is 9.47 Å². The fourth-order valence-electron chi connectivity index (χ4n) is 2.85. The van der Waals surface area contributed by atoms with Crippen LogP contribution in [0.4, 0.5) is 0 Å². The van der Waals surface area contributed by atoms with E-state index in [1.165, 1.54) is 12.8 Å². The van der Waals surface area contributed by atoms with Crippen molar-refractivity contribution in [3.63, 3.8) is 0 Å². The van der Waals surface area contributed by atoms with Gasteiger partial charge < -0.3 is 14.4 Å². The summed E-state index contributed by atoms with van der Waals surface area (Å²) in [6.45, 7) is 3.00. The van der Waals surface area contributed by atoms with Crippen LogP contribution in [-0.4, -0.2) is 37.3 Å². The Bertz CT molecular complexity index is 521. The third-order valence-corrected chi connectivity index (χ3v) is 5.40. The van der Waals surface area contributed by atoms with Gasteiger partial charge in [0.2, 0.25) is 5.91 Å². The van der Waals surface area contributed by atoms with E-state index < -0.39 is 0 Å². The first kappa shape index (κ1) is 18.0. The number of unbranched alkanes of at least 4 members (excludes halogenated alkanes) is 3. The van der Waals surface area contributed by atoms with E-state index in [0.29, 0.717) is 6.42 Å². The van der Waals surface area contributed by atoms with Gasteiger partial charge in [-0.05, 0) is 18.6 Å². The number of carbonyl (C=O) groups is 1. The Morgan fingerprint density at radius 3 is 2.78 bits per heavy atom. The van der Waals surface area contributed by atoms with Gasteiger partial charge in [-0.15, -0.1) is 11.8 Å². The lowest BCUT2D eigenvalue weighted by molar-refractivity contribution is -0.131. The van der Waals surface area contributed by atoms with E-state index >= 15 is 0 Å². The minimum atomic E-state index is 0.0505. The van der Waals surface area contributed by atoms with Crippen molar-refractivity contribution >= 4 is 17.7 Å². The quantitative estimate of drug-likeness (QED) is 0.665. The molecule has 4 nitrogen and oxygen atoms in total. The van der Waals surface area contributed by atoms with Crippen molar-refractivity contribution in [2.24, 2.45) is 0 Å². The van der Waals surface area contributed by atoms with Crippen LogP contribution in [0.1, 0.15) is 50.0 Å². The summed E-state index contributed by atoms with van der Waals surface area (Å²) in [6.07, 6.45) is 5.17. The van der Waals surface area contributed by atoms with Crippen molar-refractivity contribution in [2.45, 2.75) is 44.4 Å². The first-order valence-electron chi connectivity index (χ1n) is 8.34. The highest BCUT2D eigenvalue weighted by Crippen LogP contribution is 2.43. The topological polar surface area (TPSA) is 38.8 Å². The molecule has 0 bridgehead atoms. The maximum absolute atomic E-state index is 12.6. The molecule has 1 aromatic rings. The van der Waals surface area contributed by atoms with E-state index in [-0.39, 0.29) is 11.3 Å². The van der Waals surface area contributed by atoms with Gasteiger partial charge in [-0.2, -0.15) is 0 Å². The average molecular weight is 337 g/mol. The Balaban J connectivity index is 2.07. The first-order chi connectivity index (χ1) is 11.2. The first-order valence-corrected chi connectivity index (χ1v) is 9.39. The van der Waals surface area contributed by atoms with Crippen LogP contribution < -0.4 is 9.47 Å². The molecule has 0 aliphatic carbocycles. The van der Waals surface area contributed by atoms with Gasteiger partial charge in [0.15, 0.2) is 0 Å². The van der Waals surface area contributed by atoms with Crippen molar-refractivity contribution in [2.75, 3.05) is 26.5 Å². The molecule has 2 rings (SSSR count). The summed E-state index contributed by atoms with van der Waals surface area (Å²) in [5, 5.41) is 0.0505. The van der Waals surface area contributed by atoms with Gasteiger partial charge in [0.25, 0.3) is 0 Å². The van der Waals surface area contributed by atoms with Crippen molar-refractivity contribution in [3.05, 3.63) is 23.8 Å². The molecule has 1 aliphatic rings. The number of ether oxygens (including phenoxy) is 2. The van der Waals surface area contributed by atoms with E-state index in [9.17, 15) is 4.79 Å². The largest absolute Gasteiger partial charge is 0.497 e. The van der Waals surface area contributed by atoms with Gasteiger partial charge >= 0.3 is 0 Å². The van der Waals surface area contributed by atoms with Gasteiger partial charge in [-0.25, -0.2) is 0 Å². The molecule has 128 valence electrons. The number of rotatable bonds is 8. The summed E-state index contributed by atoms with van der Waals surface area (Å²) in [5.74, 6) is 2.79. The summed E-state index contributed by atoms with van der Waals surface area (Å²) < 4.78 is 10.8. The highest BCUT2D eigenvalue weighted by atomic mass is 32.2. The van der Waals surface area contributed by atoms with Crippen LogP contribution >= 0.6 is 11.8 Å². The predicted octanol–water partition coefficient (Wildman–Crippen LogP) is 4.25. The number of hydrogen-bond donors (Lipinski definition) is 0. The molecular formula is C18H27NO3S. The maximum atomic E-state index is 12.6. The molecule has 23 heavy (non-hydrogen) atoms. The predicted molar refractivity (Wildman–Crippen MR) is 95.2 cm³/mol. The Labute approximate surface area is 143 Å². The average Bonchev–Trinajstić information content (AvgIpc) is 3.07. The summed E-state index contributed by atoms with van der Waals surface area (Å²) in [7, 11) is 3.31. The number of hydrogen-bond acceptors (Lipinski definition) is 4. The number of carbonyl (C=O) groups excluding carboxylic acids is 1. The molecule has 0 N–H and O–H groups in total. The minimum absolute atomic E-state index is 0.0505. The van der Waals surface area contributed by atoms with Crippen LogP contribution in [0.3, 0.4) is 0 Å². The lowest BCUT2D eigenvalue weighted by Gasteiger charge is -2.25. The Morgan fingerprint density at radius 1 is 1.26 bits per heavy atom. The molecule has 0 saturated carbocycles. The molecule has 1 heterocycles. The third kappa shape index (κ3) is 4.56. The number of amides is 1. The van der Waals surface area contributed by atoms with E-state index in [2.05, 4.69) is 6.92 Å². The summed E-state index contributed by atoms with van der Waals surface area (Å²) in [5.41, 5.74) is 1.05. The van der Waals surface area contributed by atoms with E-state index in [1.807, 2.05) is 23.1 Å². The molecule has 5 heteroatoms. The fraction of sp³-hybridized carbons (Fsp3) is 0.611. The van der Waals surface area contributed by atoms with Crippen molar-refractivity contribution < 1.29 is 14.3 Å². The Kier molecular flexibility index (Phi) is 7.09. The molecule has 0 aromatic heterocycles. The molecule has 1 fully saturated rings. The van der Waals surface area contributed by atoms with Gasteiger partial charge in [0, 0.05) is 30.3 Å². The van der Waals surface area contributed by atoms with Crippen LogP contribution in [0.2, 0.25) is 0 Å². The minimum Gasteiger partial charge on any atom is -0.497 e. The van der Waals surface area contributed by atoms with Crippen molar-refractivity contribution in [1.82, 2.24) is 4.90 Å². The lowest BCUT2D eigenvalue weighted by Crippen LogP contribution is -2.30. The zero-order valence-corrected chi connectivity index (χ0v) is 15.2. The second kappa shape index (κ2) is 9.06. The molecule has 1 aromatic carbocycles. The summed E-state index contributed by atoms with van der Waals surface area (Å²) in [4.78, 5) is 14.6. The monoisotopic (exact) mass is 337 g/mol. The van der Waals surface area contributed by atoms with Crippen LogP contribution in [0.5, 0.6) is 11.5 Å². The van der Waals surface area contributed by atoms with E-state index in [0.717, 1.165) is 42.2 Å². The molecule has 1 amide bonds. The highest BCUT2D eigenvalue weighted by Gasteiger charge is 2.32. The SMILES string of the molecule is CCCCCCC(=O)N1CCS[C@@H]1c1ccc(OC)cc1OC. The smallest absolute Gasteiger partial charge is 0.223 e. The van der Waals surface area contributed by atoms with Gasteiger partial charge in [0.05, 0.1) is 14.2 Å². The summed E-state index contributed by atoms with van der Waals surface area (Å²) >= 11 is 1.80. The van der Waals surface area contributed by atoms with Crippen LogP contribution in [0, 0.1) is 0 Å². The maximum Gasteiger partial charge on any atom is 0.223 e. The molecule has 1 atom stereocenters. The second-order valence-electron chi connectivity index (χ2n) is 5.73. The van der Waals surface area contributed by atoms with Crippen molar-refractivity contribution in [3.8, 4) is 11.5 Å². The standard InChI is InChI=1S/C18H27NO3S/c1-4-5-6-7-8-17(20)19-11-12-23-18(19)15-10-9-14(21-2)13-16(15)22-3/h9-10,13,18H,4-8,11-12H2,1-3H3/t18-/m1/s1. The zero-order valence-electron chi connectivity index (χ0n) is 14.3. The molecule has 1 aliphatic heterocycles. The number of thioether (sulfide) groups is 1. The van der Waals surface area contributed by atoms with Crippen molar-refractivity contribution in [1.29, 1.82) is 0 Å². The lowest BCUT2D eigenvalue weighted by atomic mass is 10.1. The van der Waals surface area contributed by atoms with Gasteiger partial charge in [-0.1, -0.05) is 26.2 Å². The second-order valence-corrected chi connectivity index (χ2v) is 6.92. The number of benzene rings is 1. The molecule has 1 saturated heterocycles. The van der Waals surface area contributed by atoms with Crippen LogP contribution in [0.25, 0.3) is 0 Å². The Hall–Kier alpha value is -1.36. The molecule has 0 radical (unpaired) electrons. The number of methoxy groups -OCH3 is 2. The molecular weight excluding hydrogens is 310 g/mol. The highest BCUT2D eigenvalue weighted by molar-refractivity contribution is 7.99. The van der Waals surface area contributed by atoms with Crippen LogP contribution in [0.15, 0.2) is 18.2 Å². The fourth-order valence-corrected chi connectivity index (χ4v) is 4.15. The molecule has 0 unspecified atom stereocenters. The van der Waals surface area contributed by atoms with Gasteiger partial charge in [0.1, 0.15) is 16.9 Å². The normalized spacial score (nSPS) is 17.3. The van der Waals surface area contributed by atoms with Crippen LogP contribution in [-0.2, 0) is 4.79 Å². The number of nitrogens with zero attached hydrogens (tertiary/aromatic N) is 1. The zero-order chi connectivity index (χ0) is 16.7.